The molecule has 0 saturated heterocycles. The van der Waals surface area contributed by atoms with E-state index in [1.165, 1.54) is 34.4 Å². The van der Waals surface area contributed by atoms with Crippen LogP contribution in [0.15, 0.2) is 0 Å². The lowest BCUT2D eigenvalue weighted by molar-refractivity contribution is -0.113. The summed E-state index contributed by atoms with van der Waals surface area (Å²) >= 11 is 6.04. The van der Waals surface area contributed by atoms with E-state index in [4.69, 9.17) is 0 Å². The first-order valence-electron chi connectivity index (χ1n) is 8.98. The molecule has 2 aromatic rings. The molecule has 1 fully saturated rings. The molecule has 3 atom stereocenters. The summed E-state index contributed by atoms with van der Waals surface area (Å²) in [5.74, 6) is 1.63. The number of rotatable bonds is 9. The number of aliphatic hydroxyl groups is 1. The van der Waals surface area contributed by atoms with E-state index in [0.717, 1.165) is 35.7 Å². The highest BCUT2D eigenvalue weighted by Gasteiger charge is 2.29. The summed E-state index contributed by atoms with van der Waals surface area (Å²) in [6.45, 7) is 0. The van der Waals surface area contributed by atoms with Gasteiger partial charge in [0, 0.05) is 17.6 Å². The monoisotopic (exact) mass is 460 g/mol. The second kappa shape index (κ2) is 10.7. The van der Waals surface area contributed by atoms with Gasteiger partial charge in [-0.2, -0.15) is 23.5 Å². The Morgan fingerprint density at radius 2 is 1.75 bits per heavy atom. The lowest BCUT2D eigenvalue weighted by Crippen LogP contribution is -2.20. The number of amides is 1. The maximum Gasteiger partial charge on any atom is 0.236 e. The SMILES string of the molecule is CSCC(=O)Nc1nnc([C@H]2CCC[C@H](c3nnc(NC(O)CSC)s3)C2)s1. The molecule has 0 bridgehead atoms. The van der Waals surface area contributed by atoms with Gasteiger partial charge in [-0.15, -0.1) is 20.4 Å². The van der Waals surface area contributed by atoms with E-state index in [1.807, 2.05) is 12.5 Å². The number of anilines is 2. The van der Waals surface area contributed by atoms with Gasteiger partial charge < -0.3 is 10.4 Å². The van der Waals surface area contributed by atoms with Crippen molar-refractivity contribution in [3.05, 3.63) is 10.0 Å². The number of hydrogen-bond donors (Lipinski definition) is 3. The van der Waals surface area contributed by atoms with Crippen molar-refractivity contribution >= 4 is 62.4 Å². The van der Waals surface area contributed by atoms with Crippen molar-refractivity contribution in [1.29, 1.82) is 0 Å². The van der Waals surface area contributed by atoms with Crippen LogP contribution < -0.4 is 10.6 Å². The van der Waals surface area contributed by atoms with Gasteiger partial charge in [-0.3, -0.25) is 10.1 Å². The summed E-state index contributed by atoms with van der Waals surface area (Å²) in [4.78, 5) is 11.7. The minimum absolute atomic E-state index is 0.0470. The zero-order chi connectivity index (χ0) is 19.9. The van der Waals surface area contributed by atoms with Crippen LogP contribution in [-0.2, 0) is 4.79 Å². The quantitative estimate of drug-likeness (QED) is 0.485. The third-order valence-corrected chi connectivity index (χ3v) is 7.61. The first-order valence-corrected chi connectivity index (χ1v) is 13.4. The molecule has 1 aliphatic carbocycles. The molecule has 3 rings (SSSR count). The number of carbonyl (C=O) groups excluding carboxylic acids is 1. The molecule has 1 saturated carbocycles. The topological polar surface area (TPSA) is 113 Å². The van der Waals surface area contributed by atoms with E-state index in [2.05, 4.69) is 31.0 Å². The van der Waals surface area contributed by atoms with Crippen LogP contribution in [0, 0.1) is 0 Å². The van der Waals surface area contributed by atoms with Crippen molar-refractivity contribution in [1.82, 2.24) is 20.4 Å². The molecule has 12 heteroatoms. The Kier molecular flexibility index (Phi) is 8.33. The lowest BCUT2D eigenvalue weighted by Gasteiger charge is -2.25. The van der Waals surface area contributed by atoms with Crippen LogP contribution in [-0.4, -0.2) is 61.7 Å². The molecule has 154 valence electrons. The number of aliphatic hydroxyl groups excluding tert-OH is 1. The highest BCUT2D eigenvalue weighted by Crippen LogP contribution is 2.43. The first kappa shape index (κ1) is 21.8. The number of nitrogens with zero attached hydrogens (tertiary/aromatic N) is 4. The van der Waals surface area contributed by atoms with Crippen LogP contribution in [0.2, 0.25) is 0 Å². The first-order chi connectivity index (χ1) is 13.6. The number of thioether (sulfide) groups is 2. The molecular weight excluding hydrogens is 436 g/mol. The average molecular weight is 461 g/mol. The van der Waals surface area contributed by atoms with E-state index in [0.29, 0.717) is 33.6 Å². The summed E-state index contributed by atoms with van der Waals surface area (Å²) in [5.41, 5.74) is 0. The second-order valence-electron chi connectivity index (χ2n) is 6.55. The summed E-state index contributed by atoms with van der Waals surface area (Å²) in [5, 5.41) is 35.8. The van der Waals surface area contributed by atoms with Gasteiger partial charge in [0.25, 0.3) is 0 Å². The summed E-state index contributed by atoms with van der Waals surface area (Å²) < 4.78 is 0. The predicted octanol–water partition coefficient (Wildman–Crippen LogP) is 3.23. The molecule has 8 nitrogen and oxygen atoms in total. The summed E-state index contributed by atoms with van der Waals surface area (Å²) in [6.07, 6.45) is 7.43. The molecule has 3 N–H and O–H groups in total. The van der Waals surface area contributed by atoms with Crippen molar-refractivity contribution in [2.24, 2.45) is 0 Å². The number of hydrogen-bond acceptors (Lipinski definition) is 11. The maximum absolute atomic E-state index is 11.7. The van der Waals surface area contributed by atoms with Crippen LogP contribution in [0.25, 0.3) is 0 Å². The molecule has 2 heterocycles. The van der Waals surface area contributed by atoms with Crippen molar-refractivity contribution in [3.63, 3.8) is 0 Å². The second-order valence-corrected chi connectivity index (χ2v) is 10.3. The zero-order valence-corrected chi connectivity index (χ0v) is 19.0. The standard InChI is InChI=1S/C16H24N6O2S4/c1-25-7-11(23)17-15-21-19-13(27-15)9-4-3-5-10(6-9)14-20-22-16(28-14)18-12(24)8-26-2/h9-11,23H,3-8H2,1-2H3,(H,17,21)(H,18,22,24)/t9-,10-,11?/m0/s1. The molecule has 0 spiro atoms. The molecule has 0 radical (unpaired) electrons. The van der Waals surface area contributed by atoms with Gasteiger partial charge in [0.15, 0.2) is 0 Å². The number of carbonyl (C=O) groups is 1. The molecule has 1 amide bonds. The Bertz CT molecular complexity index is 770. The Balaban J connectivity index is 1.59. The Morgan fingerprint density at radius 1 is 1.11 bits per heavy atom. The van der Waals surface area contributed by atoms with Crippen LogP contribution in [0.5, 0.6) is 0 Å². The molecule has 2 aromatic heterocycles. The highest BCUT2D eigenvalue weighted by atomic mass is 32.2. The van der Waals surface area contributed by atoms with Gasteiger partial charge in [0.2, 0.25) is 16.2 Å². The van der Waals surface area contributed by atoms with Crippen molar-refractivity contribution in [2.75, 3.05) is 34.7 Å². The largest absolute Gasteiger partial charge is 0.373 e. The van der Waals surface area contributed by atoms with E-state index in [-0.39, 0.29) is 5.91 Å². The van der Waals surface area contributed by atoms with Gasteiger partial charge in [-0.25, -0.2) is 0 Å². The van der Waals surface area contributed by atoms with E-state index in [1.54, 1.807) is 11.8 Å². The van der Waals surface area contributed by atoms with Crippen LogP contribution >= 0.6 is 46.2 Å². The fourth-order valence-corrected chi connectivity index (χ4v) is 5.75. The Hall–Kier alpha value is -0.950. The van der Waals surface area contributed by atoms with Gasteiger partial charge in [0.05, 0.1) is 5.75 Å². The van der Waals surface area contributed by atoms with Crippen LogP contribution in [0.3, 0.4) is 0 Å². The van der Waals surface area contributed by atoms with Crippen molar-refractivity contribution < 1.29 is 9.90 Å². The third kappa shape index (κ3) is 6.02. The lowest BCUT2D eigenvalue weighted by atomic mass is 9.82. The molecule has 1 unspecified atom stereocenters. The molecule has 28 heavy (non-hydrogen) atoms. The third-order valence-electron chi connectivity index (χ3n) is 4.39. The highest BCUT2D eigenvalue weighted by molar-refractivity contribution is 7.99. The normalized spacial score (nSPS) is 20.7. The summed E-state index contributed by atoms with van der Waals surface area (Å²) in [7, 11) is 0. The summed E-state index contributed by atoms with van der Waals surface area (Å²) in [6, 6.07) is 0. The van der Waals surface area contributed by atoms with Gasteiger partial charge in [-0.1, -0.05) is 29.1 Å². The fraction of sp³-hybridized carbons (Fsp3) is 0.688. The average Bonchev–Trinajstić information content (AvgIpc) is 3.32. The van der Waals surface area contributed by atoms with Gasteiger partial charge in [-0.05, 0) is 31.8 Å². The number of aromatic nitrogens is 4. The van der Waals surface area contributed by atoms with E-state index < -0.39 is 6.23 Å². The van der Waals surface area contributed by atoms with Crippen molar-refractivity contribution in [2.45, 2.75) is 43.7 Å². The molecule has 1 aliphatic rings. The van der Waals surface area contributed by atoms with E-state index >= 15 is 0 Å². The molecular formula is C16H24N6O2S4. The predicted molar refractivity (Wildman–Crippen MR) is 119 cm³/mol. The van der Waals surface area contributed by atoms with Gasteiger partial charge >= 0.3 is 0 Å². The Morgan fingerprint density at radius 3 is 2.39 bits per heavy atom. The molecule has 0 aliphatic heterocycles. The van der Waals surface area contributed by atoms with Crippen molar-refractivity contribution in [3.8, 4) is 0 Å². The minimum Gasteiger partial charge on any atom is -0.373 e. The number of nitrogens with one attached hydrogen (secondary N) is 2. The van der Waals surface area contributed by atoms with E-state index in [9.17, 15) is 9.90 Å². The minimum atomic E-state index is -0.615. The maximum atomic E-state index is 11.7. The molecule has 0 aromatic carbocycles. The zero-order valence-electron chi connectivity index (χ0n) is 15.8. The van der Waals surface area contributed by atoms with Crippen LogP contribution in [0.1, 0.15) is 47.5 Å². The fourth-order valence-electron chi connectivity index (χ4n) is 3.17. The van der Waals surface area contributed by atoms with Gasteiger partial charge in [0.1, 0.15) is 16.2 Å². The van der Waals surface area contributed by atoms with Crippen LogP contribution in [0.4, 0.5) is 10.3 Å². The smallest absolute Gasteiger partial charge is 0.236 e. The Labute approximate surface area is 180 Å².